The highest BCUT2D eigenvalue weighted by Crippen LogP contribution is 2.39. The Morgan fingerprint density at radius 1 is 1.08 bits per heavy atom. The van der Waals surface area contributed by atoms with Crippen LogP contribution in [0, 0.1) is 0 Å². The van der Waals surface area contributed by atoms with Crippen molar-refractivity contribution in [2.45, 2.75) is 37.8 Å². The van der Waals surface area contributed by atoms with Gasteiger partial charge in [0.05, 0.1) is 12.0 Å². The second-order valence-corrected chi connectivity index (χ2v) is 8.35. The molecule has 0 bridgehead atoms. The Bertz CT molecular complexity index is 886. The summed E-state index contributed by atoms with van der Waals surface area (Å²) in [7, 11) is 4.34. The molecular weight excluding hydrogens is 344 g/mol. The van der Waals surface area contributed by atoms with Crippen molar-refractivity contribution in [1.82, 2.24) is 14.9 Å². The number of rotatable bonds is 5. The number of aliphatic hydroxyl groups is 1. The lowest BCUT2D eigenvalue weighted by molar-refractivity contribution is 0.209. The molecule has 4 rings (SSSR count). The maximum absolute atomic E-state index is 9.71. The highest BCUT2D eigenvalue weighted by molar-refractivity contribution is 7.25. The maximum Gasteiger partial charge on any atom is 0.141 e. The summed E-state index contributed by atoms with van der Waals surface area (Å²) in [4.78, 5) is 14.9. The Labute approximate surface area is 158 Å². The van der Waals surface area contributed by atoms with Crippen LogP contribution < -0.4 is 4.90 Å². The Morgan fingerprint density at radius 3 is 2.54 bits per heavy atom. The molecule has 0 amide bonds. The number of fused-ring (bicyclic) bond motifs is 3. The van der Waals surface area contributed by atoms with Gasteiger partial charge in [0.1, 0.15) is 17.0 Å². The molecule has 0 unspecified atom stereocenters. The third-order valence-electron chi connectivity index (χ3n) is 5.61. The molecule has 0 spiro atoms. The number of nitrogens with zero attached hydrogens (tertiary/aromatic N) is 4. The Kier molecular flexibility index (Phi) is 5.07. The van der Waals surface area contributed by atoms with Gasteiger partial charge in [-0.3, -0.25) is 0 Å². The van der Waals surface area contributed by atoms with Crippen LogP contribution in [0.3, 0.4) is 0 Å². The summed E-state index contributed by atoms with van der Waals surface area (Å²) in [6, 6.07) is 9.53. The van der Waals surface area contributed by atoms with Gasteiger partial charge in [-0.05, 0) is 45.8 Å². The molecule has 0 aliphatic heterocycles. The monoisotopic (exact) mass is 370 g/mol. The Morgan fingerprint density at radius 2 is 1.81 bits per heavy atom. The molecule has 0 radical (unpaired) electrons. The van der Waals surface area contributed by atoms with Gasteiger partial charge < -0.3 is 14.9 Å². The van der Waals surface area contributed by atoms with Crippen molar-refractivity contribution in [2.24, 2.45) is 0 Å². The summed E-state index contributed by atoms with van der Waals surface area (Å²) in [6.07, 6.45) is 6.33. The lowest BCUT2D eigenvalue weighted by atomic mass is 9.89. The zero-order valence-electron chi connectivity index (χ0n) is 15.4. The first-order valence-electron chi connectivity index (χ1n) is 9.35. The van der Waals surface area contributed by atoms with Crippen molar-refractivity contribution in [3.8, 4) is 0 Å². The molecule has 1 aliphatic carbocycles. The van der Waals surface area contributed by atoms with E-state index < -0.39 is 0 Å². The van der Waals surface area contributed by atoms with Crippen LogP contribution in [-0.4, -0.2) is 59.3 Å². The molecule has 138 valence electrons. The van der Waals surface area contributed by atoms with E-state index in [9.17, 15) is 5.11 Å². The van der Waals surface area contributed by atoms with Crippen LogP contribution in [0.15, 0.2) is 30.6 Å². The van der Waals surface area contributed by atoms with Crippen LogP contribution in [0.5, 0.6) is 0 Å². The molecule has 2 aromatic heterocycles. The van der Waals surface area contributed by atoms with E-state index in [0.717, 1.165) is 28.9 Å². The SMILES string of the molecule is CN(C)C1CCC(N(CCO)c2ncnc3sc4ccccc4c23)CC1. The van der Waals surface area contributed by atoms with Crippen molar-refractivity contribution in [3.63, 3.8) is 0 Å². The number of hydrogen-bond donors (Lipinski definition) is 1. The molecule has 2 heterocycles. The zero-order chi connectivity index (χ0) is 18.1. The highest BCUT2D eigenvalue weighted by Gasteiger charge is 2.29. The molecule has 1 aliphatic rings. The summed E-state index contributed by atoms with van der Waals surface area (Å²) in [5.74, 6) is 0.981. The predicted octanol–water partition coefficient (Wildman–Crippen LogP) is 3.52. The average Bonchev–Trinajstić information content (AvgIpc) is 3.05. The molecule has 1 N–H and O–H groups in total. The van der Waals surface area contributed by atoms with Crippen LogP contribution in [0.4, 0.5) is 5.82 Å². The van der Waals surface area contributed by atoms with Gasteiger partial charge in [-0.25, -0.2) is 9.97 Å². The number of aliphatic hydroxyl groups excluding tert-OH is 1. The average molecular weight is 371 g/mol. The minimum atomic E-state index is 0.140. The Balaban J connectivity index is 1.73. The summed E-state index contributed by atoms with van der Waals surface area (Å²) in [6.45, 7) is 0.759. The van der Waals surface area contributed by atoms with Crippen molar-refractivity contribution in [2.75, 3.05) is 32.1 Å². The molecule has 0 atom stereocenters. The topological polar surface area (TPSA) is 52.5 Å². The lowest BCUT2D eigenvalue weighted by Crippen LogP contribution is -2.43. The fourth-order valence-electron chi connectivity index (χ4n) is 4.21. The second-order valence-electron chi connectivity index (χ2n) is 7.32. The van der Waals surface area contributed by atoms with Gasteiger partial charge in [-0.2, -0.15) is 0 Å². The molecule has 1 saturated carbocycles. The molecule has 0 saturated heterocycles. The fraction of sp³-hybridized carbons (Fsp3) is 0.500. The van der Waals surface area contributed by atoms with Gasteiger partial charge >= 0.3 is 0 Å². The normalized spacial score (nSPS) is 20.9. The van der Waals surface area contributed by atoms with E-state index in [-0.39, 0.29) is 6.61 Å². The van der Waals surface area contributed by atoms with E-state index >= 15 is 0 Å². The zero-order valence-corrected chi connectivity index (χ0v) is 16.2. The molecule has 26 heavy (non-hydrogen) atoms. The molecule has 5 nitrogen and oxygen atoms in total. The first-order valence-corrected chi connectivity index (χ1v) is 10.2. The minimum Gasteiger partial charge on any atom is -0.395 e. The maximum atomic E-state index is 9.71. The van der Waals surface area contributed by atoms with Crippen LogP contribution >= 0.6 is 11.3 Å². The third kappa shape index (κ3) is 3.17. The molecule has 1 fully saturated rings. The van der Waals surface area contributed by atoms with Gasteiger partial charge in [0.2, 0.25) is 0 Å². The van der Waals surface area contributed by atoms with Gasteiger partial charge in [0.25, 0.3) is 0 Å². The van der Waals surface area contributed by atoms with Gasteiger partial charge in [0.15, 0.2) is 0 Å². The van der Waals surface area contributed by atoms with Crippen LogP contribution in [0.2, 0.25) is 0 Å². The highest BCUT2D eigenvalue weighted by atomic mass is 32.1. The van der Waals surface area contributed by atoms with E-state index in [1.54, 1.807) is 17.7 Å². The lowest BCUT2D eigenvalue weighted by Gasteiger charge is -2.39. The van der Waals surface area contributed by atoms with Crippen LogP contribution in [0.1, 0.15) is 25.7 Å². The largest absolute Gasteiger partial charge is 0.395 e. The van der Waals surface area contributed by atoms with E-state index in [4.69, 9.17) is 0 Å². The second kappa shape index (κ2) is 7.47. The van der Waals surface area contributed by atoms with Gasteiger partial charge in [-0.1, -0.05) is 18.2 Å². The fourth-order valence-corrected chi connectivity index (χ4v) is 5.25. The van der Waals surface area contributed by atoms with E-state index in [1.807, 2.05) is 0 Å². The molecule has 3 aromatic rings. The van der Waals surface area contributed by atoms with E-state index in [2.05, 4.69) is 58.1 Å². The number of aromatic nitrogens is 2. The van der Waals surface area contributed by atoms with Crippen molar-refractivity contribution < 1.29 is 5.11 Å². The van der Waals surface area contributed by atoms with E-state index in [1.165, 1.54) is 22.9 Å². The molecular formula is C20H26N4OS. The van der Waals surface area contributed by atoms with Crippen LogP contribution in [0.25, 0.3) is 20.3 Å². The van der Waals surface area contributed by atoms with Gasteiger partial charge in [-0.15, -0.1) is 11.3 Å². The standard InChI is InChI=1S/C20H26N4OS/c1-23(2)14-7-9-15(10-8-14)24(11-12-25)19-18-16-5-3-4-6-17(16)26-20(18)22-13-21-19/h3-6,13-15,25H,7-12H2,1-2H3. The quantitative estimate of drug-likeness (QED) is 0.745. The van der Waals surface area contributed by atoms with Crippen LogP contribution in [-0.2, 0) is 0 Å². The molecule has 1 aromatic carbocycles. The summed E-state index contributed by atoms with van der Waals surface area (Å²) in [5.41, 5.74) is 0. The van der Waals surface area contributed by atoms with E-state index in [0.29, 0.717) is 18.6 Å². The number of thiophene rings is 1. The van der Waals surface area contributed by atoms with Crippen molar-refractivity contribution in [1.29, 1.82) is 0 Å². The van der Waals surface area contributed by atoms with Crippen molar-refractivity contribution in [3.05, 3.63) is 30.6 Å². The number of hydrogen-bond acceptors (Lipinski definition) is 6. The predicted molar refractivity (Wildman–Crippen MR) is 109 cm³/mol. The molecule has 6 heteroatoms. The first-order chi connectivity index (χ1) is 12.7. The number of anilines is 1. The first kappa shape index (κ1) is 17.6. The van der Waals surface area contributed by atoms with Crippen molar-refractivity contribution >= 4 is 37.5 Å². The number of benzene rings is 1. The Hall–Kier alpha value is -1.76. The smallest absolute Gasteiger partial charge is 0.141 e. The summed E-state index contributed by atoms with van der Waals surface area (Å²) in [5, 5.41) is 12.1. The van der Waals surface area contributed by atoms with Gasteiger partial charge in [0, 0.05) is 28.7 Å². The third-order valence-corrected chi connectivity index (χ3v) is 6.68. The summed E-state index contributed by atoms with van der Waals surface area (Å²) < 4.78 is 1.24. The minimum absolute atomic E-state index is 0.140. The summed E-state index contributed by atoms with van der Waals surface area (Å²) >= 11 is 1.72.